The van der Waals surface area contributed by atoms with Crippen LogP contribution in [0.2, 0.25) is 0 Å². The van der Waals surface area contributed by atoms with Crippen LogP contribution in [0.4, 0.5) is 8.78 Å². The summed E-state index contributed by atoms with van der Waals surface area (Å²) < 4.78 is 27.8. The van der Waals surface area contributed by atoms with E-state index in [-0.39, 0.29) is 18.7 Å². The molecule has 0 heterocycles. The van der Waals surface area contributed by atoms with Crippen molar-refractivity contribution >= 4 is 12.3 Å². The second-order valence-electron chi connectivity index (χ2n) is 4.03. The number of rotatable bonds is 6. The van der Waals surface area contributed by atoms with Crippen LogP contribution < -0.4 is 0 Å². The average molecular weight is 339 g/mol. The molecule has 1 rings (SSSR count). The van der Waals surface area contributed by atoms with Gasteiger partial charge in [0.05, 0.1) is 19.1 Å². The van der Waals surface area contributed by atoms with E-state index in [1.165, 1.54) is 24.0 Å². The fourth-order valence-electron chi connectivity index (χ4n) is 1.46. The molecule has 5 nitrogen and oxygen atoms in total. The summed E-state index contributed by atoms with van der Waals surface area (Å²) in [6.07, 6.45) is 1.02. The van der Waals surface area contributed by atoms with Crippen molar-refractivity contribution in [2.75, 3.05) is 13.8 Å². The Kier molecular flexibility index (Phi) is 13.6. The minimum atomic E-state index is -0.611. The first-order chi connectivity index (χ1) is 11.5. The number of alkyl halides is 1. The van der Waals surface area contributed by atoms with Crippen LogP contribution in [-0.2, 0) is 16.1 Å². The molecular weight excluding hydrogens is 316 g/mol. The van der Waals surface area contributed by atoms with Crippen LogP contribution in [0.25, 0.3) is 0 Å². The molecule has 7 heteroatoms. The summed E-state index contributed by atoms with van der Waals surface area (Å²) in [5.74, 6) is -1.05. The molecule has 0 saturated carbocycles. The zero-order chi connectivity index (χ0) is 19.1. The van der Waals surface area contributed by atoms with E-state index in [9.17, 15) is 13.6 Å². The molecule has 132 valence electrons. The maximum Gasteiger partial charge on any atom is 0.303 e. The summed E-state index contributed by atoms with van der Waals surface area (Å²) in [5, 5.41) is 16.0. The molecule has 0 atom stereocenters. The van der Waals surface area contributed by atoms with Gasteiger partial charge in [0, 0.05) is 19.2 Å². The lowest BCUT2D eigenvalue weighted by Gasteiger charge is -2.21. The Balaban J connectivity index is 0. The highest BCUT2D eigenvalue weighted by molar-refractivity contribution is 5.66. The van der Waals surface area contributed by atoms with Crippen molar-refractivity contribution in [3.05, 3.63) is 47.4 Å². The molecule has 0 unspecified atom stereocenters. The molecule has 0 spiro atoms. The van der Waals surface area contributed by atoms with Crippen LogP contribution >= 0.6 is 0 Å². The smallest absolute Gasteiger partial charge is 0.303 e. The molecule has 0 aromatic heterocycles. The molecule has 0 aliphatic rings. The summed E-state index contributed by atoms with van der Waals surface area (Å²) in [6, 6.07) is 5.94. The zero-order valence-corrected chi connectivity index (χ0v) is 14.4. The van der Waals surface area contributed by atoms with Gasteiger partial charge < -0.3 is 9.64 Å². The Morgan fingerprint density at radius 3 is 2.46 bits per heavy atom. The molecule has 0 bridgehead atoms. The van der Waals surface area contributed by atoms with Gasteiger partial charge in [0.25, 0.3) is 0 Å². The Hall–Kier alpha value is -2.75. The number of nitrogens with one attached hydrogen (secondary N) is 1. The molecular formula is C17H23F2N3O2. The monoisotopic (exact) mass is 339 g/mol. The van der Waals surface area contributed by atoms with Crippen molar-refractivity contribution in [1.29, 1.82) is 10.7 Å². The number of nitrogens with zero attached hydrogens (tertiary/aromatic N) is 2. The Morgan fingerprint density at radius 1 is 1.46 bits per heavy atom. The van der Waals surface area contributed by atoms with Crippen molar-refractivity contribution in [1.82, 2.24) is 4.90 Å². The number of hydrogen-bond donors (Lipinski definition) is 1. The second-order valence-corrected chi connectivity index (χ2v) is 4.03. The van der Waals surface area contributed by atoms with E-state index in [0.717, 1.165) is 6.34 Å². The van der Waals surface area contributed by atoms with E-state index >= 15 is 0 Å². The van der Waals surface area contributed by atoms with Crippen LogP contribution in [0, 0.1) is 22.6 Å². The van der Waals surface area contributed by atoms with E-state index in [1.807, 2.05) is 13.8 Å². The van der Waals surface area contributed by atoms with E-state index in [2.05, 4.69) is 6.58 Å². The van der Waals surface area contributed by atoms with E-state index in [0.29, 0.717) is 18.4 Å². The zero-order valence-electron chi connectivity index (χ0n) is 14.4. The van der Waals surface area contributed by atoms with Gasteiger partial charge in [-0.2, -0.15) is 5.26 Å². The first-order valence-electron chi connectivity index (χ1n) is 7.12. The number of esters is 1. The van der Waals surface area contributed by atoms with E-state index in [4.69, 9.17) is 15.4 Å². The SMILES string of the molecule is C=C(COC(C)=O)N(C=N)Cc1ccc(C#N)c(F)c1.CC.CF. The maximum atomic E-state index is 13.5. The number of benzene rings is 1. The molecule has 0 amide bonds. The molecule has 0 aliphatic carbocycles. The van der Waals surface area contributed by atoms with Crippen molar-refractivity contribution < 1.29 is 18.3 Å². The fraction of sp³-hybridized carbons (Fsp3) is 0.353. The molecule has 0 saturated heterocycles. The lowest BCUT2D eigenvalue weighted by molar-refractivity contribution is -0.140. The summed E-state index contributed by atoms with van der Waals surface area (Å²) in [5.41, 5.74) is 0.947. The lowest BCUT2D eigenvalue weighted by atomic mass is 10.1. The van der Waals surface area contributed by atoms with Crippen molar-refractivity contribution in [3.63, 3.8) is 0 Å². The normalized spacial score (nSPS) is 8.38. The van der Waals surface area contributed by atoms with Gasteiger partial charge in [-0.3, -0.25) is 14.6 Å². The predicted octanol–water partition coefficient (Wildman–Crippen LogP) is 3.80. The first-order valence-corrected chi connectivity index (χ1v) is 7.12. The van der Waals surface area contributed by atoms with Gasteiger partial charge in [-0.1, -0.05) is 26.5 Å². The number of halogens is 2. The summed E-state index contributed by atoms with van der Waals surface area (Å²) in [4.78, 5) is 12.1. The minimum absolute atomic E-state index is 0.0334. The average Bonchev–Trinajstić information content (AvgIpc) is 2.61. The van der Waals surface area contributed by atoms with Gasteiger partial charge in [0.2, 0.25) is 0 Å². The third-order valence-electron chi connectivity index (χ3n) is 2.51. The maximum absolute atomic E-state index is 13.5. The highest BCUT2D eigenvalue weighted by Crippen LogP contribution is 2.13. The standard InChI is InChI=1S/C14H14FN3O2.C2H6.CH3F/c1-10(8-20-11(2)19)18(9-17)7-12-3-4-13(6-16)14(15)5-12;2*1-2/h3-5,9,17H,1,7-8H2,2H3;1-2H3;1H3. The van der Waals surface area contributed by atoms with Gasteiger partial charge in [-0.15, -0.1) is 0 Å². The lowest BCUT2D eigenvalue weighted by Crippen LogP contribution is -2.23. The number of carbonyl (C=O) groups excluding carboxylic acids is 1. The topological polar surface area (TPSA) is 77.2 Å². The van der Waals surface area contributed by atoms with Crippen LogP contribution in [0.15, 0.2) is 30.5 Å². The quantitative estimate of drug-likeness (QED) is 0.486. The van der Waals surface area contributed by atoms with Crippen LogP contribution in [0.5, 0.6) is 0 Å². The number of ether oxygens (including phenoxy) is 1. The number of nitriles is 1. The minimum Gasteiger partial charge on any atom is -0.459 e. The summed E-state index contributed by atoms with van der Waals surface area (Å²) in [6.45, 7) is 9.14. The van der Waals surface area contributed by atoms with Crippen LogP contribution in [-0.4, -0.2) is 31.0 Å². The van der Waals surface area contributed by atoms with Gasteiger partial charge >= 0.3 is 5.97 Å². The van der Waals surface area contributed by atoms with E-state index < -0.39 is 11.8 Å². The highest BCUT2D eigenvalue weighted by atomic mass is 19.1. The number of hydrogen-bond acceptors (Lipinski definition) is 4. The van der Waals surface area contributed by atoms with Crippen molar-refractivity contribution in [3.8, 4) is 6.07 Å². The van der Waals surface area contributed by atoms with Gasteiger partial charge in [0.1, 0.15) is 18.5 Å². The third kappa shape index (κ3) is 8.63. The molecule has 24 heavy (non-hydrogen) atoms. The van der Waals surface area contributed by atoms with Crippen LogP contribution in [0.3, 0.4) is 0 Å². The molecule has 0 radical (unpaired) electrons. The summed E-state index contributed by atoms with van der Waals surface area (Å²) >= 11 is 0. The number of carbonyl (C=O) groups is 1. The summed E-state index contributed by atoms with van der Waals surface area (Å²) in [7, 11) is 0.500. The van der Waals surface area contributed by atoms with Gasteiger partial charge in [-0.25, -0.2) is 4.39 Å². The highest BCUT2D eigenvalue weighted by Gasteiger charge is 2.09. The predicted molar refractivity (Wildman–Crippen MR) is 89.6 cm³/mol. The first kappa shape index (κ1) is 23.5. The fourth-order valence-corrected chi connectivity index (χ4v) is 1.46. The van der Waals surface area contributed by atoms with Crippen LogP contribution in [0.1, 0.15) is 31.9 Å². The third-order valence-corrected chi connectivity index (χ3v) is 2.51. The Bertz CT molecular complexity index is 584. The largest absolute Gasteiger partial charge is 0.459 e. The van der Waals surface area contributed by atoms with Crippen molar-refractivity contribution in [2.45, 2.75) is 27.3 Å². The Morgan fingerprint density at radius 2 is 2.04 bits per heavy atom. The second kappa shape index (κ2) is 13.9. The molecule has 0 aliphatic heterocycles. The molecule has 1 aromatic carbocycles. The molecule has 0 fully saturated rings. The van der Waals surface area contributed by atoms with Gasteiger partial charge in [0.15, 0.2) is 0 Å². The Labute approximate surface area is 141 Å². The van der Waals surface area contributed by atoms with E-state index in [1.54, 1.807) is 12.1 Å². The molecule has 1 aromatic rings. The molecule has 1 N–H and O–H groups in total. The van der Waals surface area contributed by atoms with Gasteiger partial charge in [-0.05, 0) is 17.7 Å². The van der Waals surface area contributed by atoms with Crippen molar-refractivity contribution in [2.24, 2.45) is 0 Å².